The lowest BCUT2D eigenvalue weighted by atomic mass is 10.1. The monoisotopic (exact) mass is 481 g/mol. The van der Waals surface area contributed by atoms with Crippen molar-refractivity contribution in [1.82, 2.24) is 9.88 Å². The van der Waals surface area contributed by atoms with Crippen molar-refractivity contribution in [2.45, 2.75) is 58.6 Å². The third-order valence-corrected chi connectivity index (χ3v) is 6.10. The van der Waals surface area contributed by atoms with E-state index in [1.807, 2.05) is 26.8 Å². The van der Waals surface area contributed by atoms with E-state index >= 15 is 0 Å². The number of benzene rings is 1. The average molecular weight is 482 g/mol. The fourth-order valence-corrected chi connectivity index (χ4v) is 4.36. The zero-order valence-corrected chi connectivity index (χ0v) is 20.4. The van der Waals surface area contributed by atoms with Crippen LogP contribution in [0.3, 0.4) is 0 Å². The van der Waals surface area contributed by atoms with Gasteiger partial charge in [-0.15, -0.1) is 0 Å². The molecule has 0 spiro atoms. The fourth-order valence-electron chi connectivity index (χ4n) is 4.36. The number of piperidine rings is 1. The summed E-state index contributed by atoms with van der Waals surface area (Å²) < 4.78 is 5.46. The Balaban J connectivity index is 1.53. The molecule has 3 heterocycles. The van der Waals surface area contributed by atoms with E-state index in [9.17, 15) is 19.7 Å². The Labute approximate surface area is 204 Å². The molecule has 1 N–H and O–H groups in total. The van der Waals surface area contributed by atoms with Gasteiger partial charge in [-0.3, -0.25) is 14.9 Å². The van der Waals surface area contributed by atoms with Crippen LogP contribution in [0, 0.1) is 10.1 Å². The molecule has 0 aliphatic carbocycles. The predicted octanol–water partition coefficient (Wildman–Crippen LogP) is 4.53. The zero-order valence-electron chi connectivity index (χ0n) is 20.4. The number of hydrogen-bond donors (Lipinski definition) is 1. The SMILES string of the molecule is CC(C)(C)OC(=O)N1CCc2ccc(NC(=O)c3cc(N4CCCCC4)ccc3[N+](=O)[O-])nc2C1. The molecular formula is C25H31N5O5. The highest BCUT2D eigenvalue weighted by atomic mass is 16.6. The Morgan fingerprint density at radius 3 is 2.51 bits per heavy atom. The molecule has 186 valence electrons. The molecule has 35 heavy (non-hydrogen) atoms. The van der Waals surface area contributed by atoms with E-state index in [1.165, 1.54) is 6.07 Å². The van der Waals surface area contributed by atoms with Gasteiger partial charge in [0.05, 0.1) is 17.2 Å². The highest BCUT2D eigenvalue weighted by Gasteiger charge is 2.27. The van der Waals surface area contributed by atoms with Gasteiger partial charge in [-0.25, -0.2) is 9.78 Å². The lowest BCUT2D eigenvalue weighted by Gasteiger charge is -2.30. The number of ether oxygens (including phenoxy) is 1. The molecule has 1 aromatic heterocycles. The van der Waals surface area contributed by atoms with Crippen molar-refractivity contribution in [1.29, 1.82) is 0 Å². The lowest BCUT2D eigenvalue weighted by molar-refractivity contribution is -0.385. The number of nitrogens with zero attached hydrogens (tertiary/aromatic N) is 4. The number of hydrogen-bond acceptors (Lipinski definition) is 7. The summed E-state index contributed by atoms with van der Waals surface area (Å²) in [6.07, 6.45) is 3.48. The number of amides is 2. The topological polar surface area (TPSA) is 118 Å². The van der Waals surface area contributed by atoms with Crippen LogP contribution in [0.2, 0.25) is 0 Å². The van der Waals surface area contributed by atoms with Gasteiger partial charge in [0.15, 0.2) is 0 Å². The number of carbonyl (C=O) groups excluding carboxylic acids is 2. The van der Waals surface area contributed by atoms with Crippen LogP contribution in [0.4, 0.5) is 22.0 Å². The van der Waals surface area contributed by atoms with Gasteiger partial charge in [0, 0.05) is 31.4 Å². The maximum atomic E-state index is 13.1. The van der Waals surface area contributed by atoms with Crippen molar-refractivity contribution >= 4 is 29.2 Å². The van der Waals surface area contributed by atoms with Crippen LogP contribution in [0.5, 0.6) is 0 Å². The Hall–Kier alpha value is -3.69. The maximum absolute atomic E-state index is 13.1. The van der Waals surface area contributed by atoms with Gasteiger partial charge >= 0.3 is 6.09 Å². The van der Waals surface area contributed by atoms with Crippen LogP contribution in [-0.4, -0.2) is 52.0 Å². The molecule has 4 rings (SSSR count). The molecule has 0 unspecified atom stereocenters. The van der Waals surface area contributed by atoms with E-state index in [2.05, 4.69) is 15.2 Å². The second-order valence-corrected chi connectivity index (χ2v) is 9.91. The van der Waals surface area contributed by atoms with E-state index in [0.717, 1.165) is 43.6 Å². The Kier molecular flexibility index (Phi) is 6.90. The van der Waals surface area contributed by atoms with Gasteiger partial charge in [0.25, 0.3) is 11.6 Å². The fraction of sp³-hybridized carbons (Fsp3) is 0.480. The van der Waals surface area contributed by atoms with Crippen LogP contribution in [0.25, 0.3) is 0 Å². The second-order valence-electron chi connectivity index (χ2n) is 9.91. The molecule has 1 fully saturated rings. The number of nitrogens with one attached hydrogen (secondary N) is 1. The van der Waals surface area contributed by atoms with Crippen molar-refractivity contribution in [2.75, 3.05) is 29.9 Å². The number of anilines is 2. The van der Waals surface area contributed by atoms with Crippen LogP contribution in [-0.2, 0) is 17.7 Å². The number of fused-ring (bicyclic) bond motifs is 1. The van der Waals surface area contributed by atoms with Crippen LogP contribution in [0.1, 0.15) is 61.6 Å². The summed E-state index contributed by atoms with van der Waals surface area (Å²) in [4.78, 5) is 44.9. The van der Waals surface area contributed by atoms with Gasteiger partial charge in [-0.1, -0.05) is 6.07 Å². The molecule has 2 aliphatic rings. The molecular weight excluding hydrogens is 450 g/mol. The largest absolute Gasteiger partial charge is 0.444 e. The van der Waals surface area contributed by atoms with Gasteiger partial charge < -0.3 is 19.9 Å². The molecule has 0 saturated carbocycles. The van der Waals surface area contributed by atoms with E-state index in [-0.39, 0.29) is 23.6 Å². The number of pyridine rings is 1. The van der Waals surface area contributed by atoms with Crippen LogP contribution in [0.15, 0.2) is 30.3 Å². The first-order valence-corrected chi connectivity index (χ1v) is 11.9. The normalized spacial score (nSPS) is 15.9. The number of nitro benzene ring substituents is 1. The molecule has 2 amide bonds. The van der Waals surface area contributed by atoms with E-state index < -0.39 is 22.5 Å². The Bertz CT molecular complexity index is 1140. The van der Waals surface area contributed by atoms with Crippen molar-refractivity contribution in [3.8, 4) is 0 Å². The van der Waals surface area contributed by atoms with Gasteiger partial charge in [0.1, 0.15) is 17.0 Å². The molecule has 0 bridgehead atoms. The number of carbonyl (C=O) groups is 2. The molecule has 10 nitrogen and oxygen atoms in total. The number of nitro groups is 1. The number of aromatic nitrogens is 1. The smallest absolute Gasteiger partial charge is 0.410 e. The quantitative estimate of drug-likeness (QED) is 0.504. The van der Waals surface area contributed by atoms with Gasteiger partial charge in [0.2, 0.25) is 0 Å². The summed E-state index contributed by atoms with van der Waals surface area (Å²) in [5, 5.41) is 14.3. The molecule has 0 radical (unpaired) electrons. The van der Waals surface area contributed by atoms with Crippen LogP contribution < -0.4 is 10.2 Å². The van der Waals surface area contributed by atoms with Crippen molar-refractivity contribution < 1.29 is 19.2 Å². The standard InChI is InChI=1S/C25H31N5O5/c1-25(2,3)35-24(32)29-14-11-17-7-10-22(26-20(17)16-29)27-23(31)19-15-18(8-9-21(19)30(33)34)28-12-5-4-6-13-28/h7-10,15H,4-6,11-14,16H2,1-3H3,(H,26,27,31). The molecule has 2 aromatic rings. The van der Waals surface area contributed by atoms with Crippen molar-refractivity contribution in [3.05, 3.63) is 57.3 Å². The van der Waals surface area contributed by atoms with Crippen LogP contribution >= 0.6 is 0 Å². The molecule has 1 aromatic carbocycles. The van der Waals surface area contributed by atoms with Gasteiger partial charge in [-0.2, -0.15) is 0 Å². The summed E-state index contributed by atoms with van der Waals surface area (Å²) in [6.45, 7) is 7.94. The summed E-state index contributed by atoms with van der Waals surface area (Å²) in [6, 6.07) is 8.21. The highest BCUT2D eigenvalue weighted by molar-refractivity contribution is 6.07. The minimum atomic E-state index is -0.599. The first-order valence-electron chi connectivity index (χ1n) is 11.9. The summed E-state index contributed by atoms with van der Waals surface area (Å²) in [7, 11) is 0. The summed E-state index contributed by atoms with van der Waals surface area (Å²) in [5.74, 6) is -0.319. The lowest BCUT2D eigenvalue weighted by Crippen LogP contribution is -2.40. The molecule has 0 atom stereocenters. The van der Waals surface area contributed by atoms with Crippen molar-refractivity contribution in [3.63, 3.8) is 0 Å². The molecule has 2 aliphatic heterocycles. The highest BCUT2D eigenvalue weighted by Crippen LogP contribution is 2.28. The third kappa shape index (κ3) is 5.87. The molecule has 1 saturated heterocycles. The zero-order chi connectivity index (χ0) is 25.2. The third-order valence-electron chi connectivity index (χ3n) is 6.10. The minimum Gasteiger partial charge on any atom is -0.444 e. The number of rotatable bonds is 4. The predicted molar refractivity (Wildman–Crippen MR) is 132 cm³/mol. The summed E-state index contributed by atoms with van der Waals surface area (Å²) in [5.41, 5.74) is 1.59. The molecule has 10 heteroatoms. The van der Waals surface area contributed by atoms with Gasteiger partial charge in [-0.05, 0) is 70.2 Å². The second kappa shape index (κ2) is 9.89. The van der Waals surface area contributed by atoms with E-state index in [0.29, 0.717) is 18.7 Å². The maximum Gasteiger partial charge on any atom is 0.410 e. The Morgan fingerprint density at radius 2 is 1.83 bits per heavy atom. The minimum absolute atomic E-state index is 0.00650. The average Bonchev–Trinajstić information content (AvgIpc) is 2.82. The van der Waals surface area contributed by atoms with Crippen molar-refractivity contribution in [2.24, 2.45) is 0 Å². The van der Waals surface area contributed by atoms with E-state index in [4.69, 9.17) is 4.74 Å². The van der Waals surface area contributed by atoms with E-state index in [1.54, 1.807) is 23.1 Å². The Morgan fingerprint density at radius 1 is 1.09 bits per heavy atom. The first kappa shape index (κ1) is 24.4. The summed E-state index contributed by atoms with van der Waals surface area (Å²) >= 11 is 0. The first-order chi connectivity index (χ1) is 16.6.